The van der Waals surface area contributed by atoms with Crippen LogP contribution in [0.2, 0.25) is 0 Å². The number of thiophene rings is 1. The van der Waals surface area contributed by atoms with Gasteiger partial charge in [0.2, 0.25) is 5.91 Å². The molecule has 0 radical (unpaired) electrons. The van der Waals surface area contributed by atoms with Gasteiger partial charge in [-0.25, -0.2) is 8.42 Å². The molecule has 142 valence electrons. The van der Waals surface area contributed by atoms with Gasteiger partial charge in [0.15, 0.2) is 0 Å². The Morgan fingerprint density at radius 1 is 1.31 bits per heavy atom. The van der Waals surface area contributed by atoms with E-state index in [9.17, 15) is 13.2 Å². The molecule has 1 aliphatic rings. The van der Waals surface area contributed by atoms with Crippen molar-refractivity contribution in [2.75, 3.05) is 24.4 Å². The highest BCUT2D eigenvalue weighted by Gasteiger charge is 2.22. The van der Waals surface area contributed by atoms with E-state index in [2.05, 4.69) is 10.0 Å². The molecule has 1 saturated heterocycles. The highest BCUT2D eigenvalue weighted by atomic mass is 35.5. The quantitative estimate of drug-likeness (QED) is 0.785. The van der Waals surface area contributed by atoms with Crippen LogP contribution in [-0.2, 0) is 21.2 Å². The lowest BCUT2D eigenvalue weighted by atomic mass is 10.1. The van der Waals surface area contributed by atoms with Gasteiger partial charge in [-0.15, -0.1) is 23.7 Å². The highest BCUT2D eigenvalue weighted by Crippen LogP contribution is 2.20. The maximum atomic E-state index is 12.4. The first-order valence-electron chi connectivity index (χ1n) is 8.11. The normalized spacial score (nSPS) is 17.4. The van der Waals surface area contributed by atoms with Crippen molar-refractivity contribution in [2.45, 2.75) is 23.6 Å². The van der Waals surface area contributed by atoms with Gasteiger partial charge in [0, 0.05) is 31.4 Å². The van der Waals surface area contributed by atoms with Gasteiger partial charge in [-0.2, -0.15) is 0 Å². The molecule has 6 nitrogen and oxygen atoms in total. The molecule has 0 bridgehead atoms. The number of sulfonamides is 1. The number of hydrogen-bond acceptors (Lipinski definition) is 5. The summed E-state index contributed by atoms with van der Waals surface area (Å²) in [7, 11) is -3.54. The van der Waals surface area contributed by atoms with Gasteiger partial charge >= 0.3 is 0 Å². The maximum absolute atomic E-state index is 12.4. The maximum Gasteiger partial charge on any atom is 0.271 e. The molecule has 1 fully saturated rings. The summed E-state index contributed by atoms with van der Waals surface area (Å²) in [6.07, 6.45) is 0.322. The third-order valence-corrected chi connectivity index (χ3v) is 6.92. The molecule has 0 saturated carbocycles. The lowest BCUT2D eigenvalue weighted by Crippen LogP contribution is -2.52. The van der Waals surface area contributed by atoms with E-state index in [0.717, 1.165) is 25.2 Å². The van der Waals surface area contributed by atoms with Crippen molar-refractivity contribution in [1.29, 1.82) is 0 Å². The summed E-state index contributed by atoms with van der Waals surface area (Å²) in [6.45, 7) is 4.39. The van der Waals surface area contributed by atoms with Crippen molar-refractivity contribution in [3.8, 4) is 0 Å². The second-order valence-corrected chi connectivity index (χ2v) is 8.91. The van der Waals surface area contributed by atoms with Crippen LogP contribution in [0.15, 0.2) is 46.0 Å². The first kappa shape index (κ1) is 20.7. The number of carbonyl (C=O) groups excluding carboxylic acids is 1. The second kappa shape index (κ2) is 8.85. The lowest BCUT2D eigenvalue weighted by Gasteiger charge is -2.34. The van der Waals surface area contributed by atoms with Crippen LogP contribution in [0.25, 0.3) is 0 Å². The minimum Gasteiger partial charge on any atom is -0.337 e. The van der Waals surface area contributed by atoms with E-state index in [0.29, 0.717) is 12.1 Å². The zero-order valence-corrected chi connectivity index (χ0v) is 16.8. The molecule has 0 spiro atoms. The number of hydrogen-bond donors (Lipinski definition) is 2. The van der Waals surface area contributed by atoms with Crippen LogP contribution in [0.1, 0.15) is 12.5 Å². The first-order chi connectivity index (χ1) is 12.0. The fourth-order valence-electron chi connectivity index (χ4n) is 2.80. The van der Waals surface area contributed by atoms with Gasteiger partial charge in [-0.05, 0) is 36.1 Å². The molecule has 3 rings (SSSR count). The number of carbonyl (C=O) groups is 1. The fourth-order valence-corrected chi connectivity index (χ4v) is 4.85. The number of nitrogens with one attached hydrogen (secondary N) is 2. The van der Waals surface area contributed by atoms with E-state index < -0.39 is 10.0 Å². The minimum absolute atomic E-state index is 0. The van der Waals surface area contributed by atoms with Crippen molar-refractivity contribution in [1.82, 2.24) is 10.2 Å². The van der Waals surface area contributed by atoms with E-state index in [1.165, 1.54) is 11.3 Å². The summed E-state index contributed by atoms with van der Waals surface area (Å²) in [6, 6.07) is 10.4. The number of amides is 1. The molecular formula is C17H22ClN3O3S2. The molecule has 2 aromatic rings. The Labute approximate surface area is 164 Å². The monoisotopic (exact) mass is 415 g/mol. The Morgan fingerprint density at radius 2 is 2.04 bits per heavy atom. The summed E-state index contributed by atoms with van der Waals surface area (Å²) in [5.41, 5.74) is 1.36. The standard InChI is InChI=1S/C17H21N3O3S2.ClH/c1-13-12-18-8-9-20(13)16(21)11-14-4-6-15(7-5-14)19-25(22,23)17-3-2-10-24-17;/h2-7,10,13,18-19H,8-9,11-12H2,1H3;1H. The zero-order valence-electron chi connectivity index (χ0n) is 14.3. The Kier molecular flexibility index (Phi) is 7.05. The fraction of sp³-hybridized carbons (Fsp3) is 0.353. The number of benzene rings is 1. The van der Waals surface area contributed by atoms with E-state index in [1.54, 1.807) is 41.8 Å². The molecular weight excluding hydrogens is 394 g/mol. The molecule has 26 heavy (non-hydrogen) atoms. The third-order valence-electron chi connectivity index (χ3n) is 4.14. The average molecular weight is 416 g/mol. The highest BCUT2D eigenvalue weighted by molar-refractivity contribution is 7.94. The van der Waals surface area contributed by atoms with Crippen LogP contribution >= 0.6 is 23.7 Å². The van der Waals surface area contributed by atoms with Gasteiger partial charge in [0.25, 0.3) is 10.0 Å². The predicted molar refractivity (Wildman–Crippen MR) is 107 cm³/mol. The largest absolute Gasteiger partial charge is 0.337 e. The van der Waals surface area contributed by atoms with E-state index in [4.69, 9.17) is 0 Å². The topological polar surface area (TPSA) is 78.5 Å². The molecule has 0 aliphatic carbocycles. The van der Waals surface area contributed by atoms with Gasteiger partial charge in [0.1, 0.15) is 4.21 Å². The number of piperazine rings is 1. The van der Waals surface area contributed by atoms with Gasteiger partial charge in [-0.1, -0.05) is 18.2 Å². The van der Waals surface area contributed by atoms with Gasteiger partial charge in [-0.3, -0.25) is 9.52 Å². The molecule has 2 N–H and O–H groups in total. The number of rotatable bonds is 5. The summed E-state index contributed by atoms with van der Waals surface area (Å²) >= 11 is 1.17. The van der Waals surface area contributed by atoms with Crippen molar-refractivity contribution < 1.29 is 13.2 Å². The number of anilines is 1. The molecule has 1 aromatic heterocycles. The SMILES string of the molecule is CC1CNCCN1C(=O)Cc1ccc(NS(=O)(=O)c2cccs2)cc1.Cl. The van der Waals surface area contributed by atoms with Crippen molar-refractivity contribution >= 4 is 45.4 Å². The molecule has 1 atom stereocenters. The molecule has 1 amide bonds. The first-order valence-corrected chi connectivity index (χ1v) is 10.5. The third kappa shape index (κ3) is 4.97. The summed E-state index contributed by atoms with van der Waals surface area (Å²) in [5.74, 6) is 0.0981. The Balaban J connectivity index is 0.00000243. The average Bonchev–Trinajstić information content (AvgIpc) is 3.12. The van der Waals surface area contributed by atoms with Crippen molar-refractivity contribution in [3.63, 3.8) is 0 Å². The van der Waals surface area contributed by atoms with Crippen LogP contribution in [-0.4, -0.2) is 44.9 Å². The van der Waals surface area contributed by atoms with E-state index >= 15 is 0 Å². The zero-order chi connectivity index (χ0) is 17.9. The summed E-state index contributed by atoms with van der Waals surface area (Å²) < 4.78 is 27.2. The molecule has 9 heteroatoms. The molecule has 1 unspecified atom stereocenters. The van der Waals surface area contributed by atoms with Crippen LogP contribution in [0.3, 0.4) is 0 Å². The lowest BCUT2D eigenvalue weighted by molar-refractivity contribution is -0.133. The van der Waals surface area contributed by atoms with Crippen molar-refractivity contribution in [3.05, 3.63) is 47.3 Å². The minimum atomic E-state index is -3.54. The van der Waals surface area contributed by atoms with Gasteiger partial charge in [0.05, 0.1) is 6.42 Å². The summed E-state index contributed by atoms with van der Waals surface area (Å²) in [4.78, 5) is 14.3. The Morgan fingerprint density at radius 3 is 2.65 bits per heavy atom. The number of halogens is 1. The predicted octanol–water partition coefficient (Wildman–Crippen LogP) is 2.33. The number of nitrogens with zero attached hydrogens (tertiary/aromatic N) is 1. The van der Waals surface area contributed by atoms with Crippen LogP contribution in [0.4, 0.5) is 5.69 Å². The van der Waals surface area contributed by atoms with Gasteiger partial charge < -0.3 is 10.2 Å². The van der Waals surface area contributed by atoms with Crippen LogP contribution < -0.4 is 10.0 Å². The van der Waals surface area contributed by atoms with Crippen LogP contribution in [0.5, 0.6) is 0 Å². The summed E-state index contributed by atoms with van der Waals surface area (Å²) in [5, 5.41) is 4.99. The molecule has 1 aromatic carbocycles. The molecule has 1 aliphatic heterocycles. The molecule has 2 heterocycles. The second-order valence-electron chi connectivity index (χ2n) is 6.05. The Bertz CT molecular complexity index is 823. The van der Waals surface area contributed by atoms with Crippen molar-refractivity contribution in [2.24, 2.45) is 0 Å². The Hall–Kier alpha value is -1.61. The smallest absolute Gasteiger partial charge is 0.271 e. The van der Waals surface area contributed by atoms with E-state index in [1.807, 2.05) is 11.8 Å². The van der Waals surface area contributed by atoms with Crippen LogP contribution in [0, 0.1) is 0 Å². The van der Waals surface area contributed by atoms with E-state index in [-0.39, 0.29) is 28.6 Å².